The lowest BCUT2D eigenvalue weighted by atomic mass is 9.97. The lowest BCUT2D eigenvalue weighted by Gasteiger charge is -2.31. The molecule has 1 aromatic carbocycles. The molecular formula is C17H17BrN4S2. The van der Waals surface area contributed by atoms with Crippen molar-refractivity contribution in [3.8, 4) is 12.1 Å². The van der Waals surface area contributed by atoms with E-state index in [4.69, 9.17) is 5.73 Å². The summed E-state index contributed by atoms with van der Waals surface area (Å²) in [5.41, 5.74) is 5.26. The minimum Gasteiger partial charge on any atom is -0.386 e. The van der Waals surface area contributed by atoms with Crippen LogP contribution in [-0.2, 0) is 0 Å². The summed E-state index contributed by atoms with van der Waals surface area (Å²) in [5.74, 6) is 1.66. The molecule has 1 fully saturated rings. The highest BCUT2D eigenvalue weighted by Gasteiger charge is 2.91. The van der Waals surface area contributed by atoms with Crippen LogP contribution in [0.2, 0.25) is 0 Å². The molecular weight excluding hydrogens is 404 g/mol. The number of nitrogens with two attached hydrogens (primary N) is 1. The second-order valence-electron chi connectivity index (χ2n) is 5.77. The van der Waals surface area contributed by atoms with Gasteiger partial charge in [0.15, 0.2) is 4.20 Å². The molecule has 0 spiro atoms. The van der Waals surface area contributed by atoms with Crippen LogP contribution in [0.5, 0.6) is 0 Å². The summed E-state index contributed by atoms with van der Waals surface area (Å²) in [5, 5.41) is 20.2. The molecule has 3 rings (SSSR count). The average Bonchev–Trinajstić information content (AvgIpc) is 3.14. The number of hydrogen-bond acceptors (Lipinski definition) is 6. The van der Waals surface area contributed by atoms with Crippen LogP contribution >= 0.6 is 39.5 Å². The molecule has 124 valence electrons. The zero-order valence-electron chi connectivity index (χ0n) is 13.4. The van der Waals surface area contributed by atoms with Crippen LogP contribution in [0.3, 0.4) is 0 Å². The molecule has 0 radical (unpaired) electrons. The number of halogens is 1. The summed E-state index contributed by atoms with van der Waals surface area (Å²) in [4.78, 5) is 4.68. The molecule has 3 atom stereocenters. The van der Waals surface area contributed by atoms with E-state index < -0.39 is 15.0 Å². The number of benzene rings is 1. The van der Waals surface area contributed by atoms with E-state index >= 15 is 0 Å². The van der Waals surface area contributed by atoms with Gasteiger partial charge in [-0.15, -0.1) is 23.5 Å². The Morgan fingerprint density at radius 1 is 1.25 bits per heavy atom. The second-order valence-corrected chi connectivity index (χ2v) is 9.86. The molecule has 0 saturated heterocycles. The third kappa shape index (κ3) is 1.89. The van der Waals surface area contributed by atoms with E-state index in [1.165, 1.54) is 0 Å². The number of nitrogens with zero attached hydrogens (tertiary/aromatic N) is 3. The van der Waals surface area contributed by atoms with Crippen molar-refractivity contribution < 1.29 is 0 Å². The maximum atomic E-state index is 10.2. The van der Waals surface area contributed by atoms with E-state index in [0.29, 0.717) is 5.84 Å². The molecule has 24 heavy (non-hydrogen) atoms. The van der Waals surface area contributed by atoms with Crippen LogP contribution in [0.1, 0.15) is 25.3 Å². The predicted octanol–water partition coefficient (Wildman–Crippen LogP) is 4.10. The minimum atomic E-state index is -1.03. The van der Waals surface area contributed by atoms with Gasteiger partial charge in [-0.1, -0.05) is 41.9 Å². The summed E-state index contributed by atoms with van der Waals surface area (Å²) in [6.07, 6.45) is 0. The first-order valence-corrected chi connectivity index (χ1v) is 10.5. The SMILES string of the molecule is CCSC1(SCC)N=C(N)C2(C#N)C(c3cccc(Br)c3)C12C#N. The number of aliphatic imine (C=N–C) groups is 1. The fourth-order valence-electron chi connectivity index (χ4n) is 3.94. The number of thioether (sulfide) groups is 2. The lowest BCUT2D eigenvalue weighted by molar-refractivity contribution is 0.564. The molecule has 2 N–H and O–H groups in total. The van der Waals surface area contributed by atoms with Crippen LogP contribution in [-0.4, -0.2) is 21.5 Å². The Morgan fingerprint density at radius 2 is 1.92 bits per heavy atom. The van der Waals surface area contributed by atoms with Crippen LogP contribution in [0.25, 0.3) is 0 Å². The maximum Gasteiger partial charge on any atom is 0.175 e. The Balaban J connectivity index is 2.23. The van der Waals surface area contributed by atoms with Crippen LogP contribution < -0.4 is 5.73 Å². The van der Waals surface area contributed by atoms with E-state index in [-0.39, 0.29) is 5.92 Å². The van der Waals surface area contributed by atoms with Gasteiger partial charge in [-0.05, 0) is 29.2 Å². The van der Waals surface area contributed by atoms with Gasteiger partial charge in [0.2, 0.25) is 0 Å². The average molecular weight is 421 g/mol. The number of fused-ring (bicyclic) bond motifs is 1. The van der Waals surface area contributed by atoms with Gasteiger partial charge >= 0.3 is 0 Å². The zero-order valence-corrected chi connectivity index (χ0v) is 16.6. The molecule has 1 heterocycles. The number of amidine groups is 1. The Bertz CT molecular complexity index is 791. The Kier molecular flexibility index (Phi) is 4.40. The minimum absolute atomic E-state index is 0.256. The molecule has 1 aliphatic heterocycles. The third-order valence-electron chi connectivity index (χ3n) is 4.79. The Hall–Kier alpha value is -1.15. The molecule has 1 aromatic rings. The summed E-state index contributed by atoms with van der Waals surface area (Å²) in [6, 6.07) is 12.7. The van der Waals surface area contributed by atoms with Crippen LogP contribution in [0.4, 0.5) is 0 Å². The van der Waals surface area contributed by atoms with Gasteiger partial charge in [-0.3, -0.25) is 0 Å². The van der Waals surface area contributed by atoms with Crippen molar-refractivity contribution in [2.45, 2.75) is 24.0 Å². The summed E-state index contributed by atoms with van der Waals surface area (Å²) in [7, 11) is 0. The van der Waals surface area contributed by atoms with E-state index in [2.05, 4.69) is 33.1 Å². The Labute approximate surface area is 159 Å². The van der Waals surface area contributed by atoms with Crippen molar-refractivity contribution in [3.05, 3.63) is 34.3 Å². The molecule has 1 saturated carbocycles. The van der Waals surface area contributed by atoms with Gasteiger partial charge in [-0.2, -0.15) is 10.5 Å². The number of rotatable bonds is 5. The highest BCUT2D eigenvalue weighted by Crippen LogP contribution is 2.85. The van der Waals surface area contributed by atoms with Crippen molar-refractivity contribution in [1.29, 1.82) is 10.5 Å². The van der Waals surface area contributed by atoms with Gasteiger partial charge in [-0.25, -0.2) is 4.99 Å². The van der Waals surface area contributed by atoms with Crippen molar-refractivity contribution in [3.63, 3.8) is 0 Å². The number of hydrogen-bond donors (Lipinski definition) is 1. The summed E-state index contributed by atoms with van der Waals surface area (Å²) >= 11 is 6.71. The number of nitriles is 2. The molecule has 1 aliphatic carbocycles. The first kappa shape index (κ1) is 17.7. The van der Waals surface area contributed by atoms with Gasteiger partial charge in [0, 0.05) is 10.4 Å². The Morgan fingerprint density at radius 3 is 2.42 bits per heavy atom. The predicted molar refractivity (Wildman–Crippen MR) is 104 cm³/mol. The topological polar surface area (TPSA) is 86.0 Å². The lowest BCUT2D eigenvalue weighted by Crippen LogP contribution is -2.31. The molecule has 4 nitrogen and oxygen atoms in total. The maximum absolute atomic E-state index is 10.2. The zero-order chi connectivity index (χ0) is 17.6. The van der Waals surface area contributed by atoms with Crippen molar-refractivity contribution in [1.82, 2.24) is 0 Å². The van der Waals surface area contributed by atoms with Crippen molar-refractivity contribution >= 4 is 45.3 Å². The summed E-state index contributed by atoms with van der Waals surface area (Å²) in [6.45, 7) is 4.09. The van der Waals surface area contributed by atoms with Gasteiger partial charge in [0.25, 0.3) is 0 Å². The molecule has 7 heteroatoms. The van der Waals surface area contributed by atoms with Gasteiger partial charge in [0.1, 0.15) is 16.7 Å². The van der Waals surface area contributed by atoms with E-state index in [1.54, 1.807) is 23.5 Å². The summed E-state index contributed by atoms with van der Waals surface area (Å²) < 4.78 is 0.205. The highest BCUT2D eigenvalue weighted by atomic mass is 79.9. The van der Waals surface area contributed by atoms with Gasteiger partial charge < -0.3 is 5.73 Å². The molecule has 0 bridgehead atoms. The first-order chi connectivity index (χ1) is 11.5. The van der Waals surface area contributed by atoms with Crippen molar-refractivity contribution in [2.75, 3.05) is 11.5 Å². The standard InChI is InChI=1S/C17H17BrN4S2/c1-3-23-17(24-4-2)16(10-20)13(11-6-5-7-12(18)8-11)15(16,9-19)14(21)22-17/h5-8,13H,3-4H2,1-2H3,(H2,21,22). The first-order valence-electron chi connectivity index (χ1n) is 7.71. The third-order valence-corrected chi connectivity index (χ3v) is 8.18. The normalized spacial score (nSPS) is 32.4. The van der Waals surface area contributed by atoms with Gasteiger partial charge in [0.05, 0.1) is 12.1 Å². The fraction of sp³-hybridized carbons (Fsp3) is 0.471. The van der Waals surface area contributed by atoms with Crippen LogP contribution in [0, 0.1) is 33.5 Å². The van der Waals surface area contributed by atoms with Crippen LogP contribution in [0.15, 0.2) is 33.7 Å². The molecule has 3 unspecified atom stereocenters. The monoisotopic (exact) mass is 420 g/mol. The van der Waals surface area contributed by atoms with E-state index in [9.17, 15) is 10.5 Å². The highest BCUT2D eigenvalue weighted by molar-refractivity contribution is 9.10. The molecule has 0 amide bonds. The van der Waals surface area contributed by atoms with Crippen molar-refractivity contribution in [2.24, 2.45) is 21.6 Å². The van der Waals surface area contributed by atoms with E-state index in [1.807, 2.05) is 38.1 Å². The fourth-order valence-corrected chi connectivity index (χ4v) is 7.61. The largest absolute Gasteiger partial charge is 0.386 e. The van der Waals surface area contributed by atoms with E-state index in [0.717, 1.165) is 21.5 Å². The smallest absolute Gasteiger partial charge is 0.175 e. The quantitative estimate of drug-likeness (QED) is 0.724. The molecule has 2 aliphatic rings. The molecule has 0 aromatic heterocycles. The second kappa shape index (κ2) is 5.98.